The lowest BCUT2D eigenvalue weighted by Crippen LogP contribution is -2.45. The number of quaternary nitrogens is 1. The first-order valence-corrected chi connectivity index (χ1v) is 5.82. The molecule has 14 heavy (non-hydrogen) atoms. The van der Waals surface area contributed by atoms with Crippen molar-refractivity contribution in [1.29, 1.82) is 0 Å². The molecule has 0 aromatic heterocycles. The van der Waals surface area contributed by atoms with Crippen LogP contribution in [-0.2, 0) is 4.74 Å². The normalized spacial score (nSPS) is 14.4. The van der Waals surface area contributed by atoms with Crippen LogP contribution in [0.2, 0.25) is 0 Å². The second kappa shape index (κ2) is 7.24. The smallest absolute Gasteiger partial charge is 0.0906 e. The summed E-state index contributed by atoms with van der Waals surface area (Å²) in [5.74, 6) is 0. The van der Waals surface area contributed by atoms with Crippen LogP contribution >= 0.6 is 0 Å². The third-order valence-corrected chi connectivity index (χ3v) is 2.89. The van der Waals surface area contributed by atoms with Gasteiger partial charge in [0.15, 0.2) is 0 Å². The van der Waals surface area contributed by atoms with E-state index in [4.69, 9.17) is 4.74 Å². The molecule has 1 atom stereocenters. The Morgan fingerprint density at radius 1 is 1.07 bits per heavy atom. The van der Waals surface area contributed by atoms with Crippen molar-refractivity contribution >= 4 is 0 Å². The van der Waals surface area contributed by atoms with E-state index in [0.29, 0.717) is 0 Å². The van der Waals surface area contributed by atoms with E-state index < -0.39 is 0 Å². The Morgan fingerprint density at radius 3 is 2.14 bits per heavy atom. The van der Waals surface area contributed by atoms with Crippen molar-refractivity contribution in [2.75, 3.05) is 34.9 Å². The number of rotatable bonds is 8. The lowest BCUT2D eigenvalue weighted by molar-refractivity contribution is -0.896. The standard InChI is InChI=1S/C12H28NO/c1-6-7-8-9-12(10-11-14-5)13(2,3)4/h12H,6-11H2,1-5H3/q+1. The fraction of sp³-hybridized carbons (Fsp3) is 1.00. The molecule has 0 saturated heterocycles. The zero-order valence-corrected chi connectivity index (χ0v) is 10.7. The average Bonchev–Trinajstić information content (AvgIpc) is 2.09. The highest BCUT2D eigenvalue weighted by Crippen LogP contribution is 2.15. The number of hydrogen-bond acceptors (Lipinski definition) is 1. The maximum atomic E-state index is 5.16. The molecule has 0 bridgehead atoms. The van der Waals surface area contributed by atoms with Crippen LogP contribution in [0.25, 0.3) is 0 Å². The summed E-state index contributed by atoms with van der Waals surface area (Å²) in [4.78, 5) is 0. The first-order chi connectivity index (χ1) is 6.52. The zero-order valence-electron chi connectivity index (χ0n) is 10.7. The Hall–Kier alpha value is -0.0800. The van der Waals surface area contributed by atoms with E-state index >= 15 is 0 Å². The van der Waals surface area contributed by atoms with Gasteiger partial charge in [-0.05, 0) is 12.8 Å². The van der Waals surface area contributed by atoms with E-state index in [9.17, 15) is 0 Å². The fourth-order valence-electron chi connectivity index (χ4n) is 1.80. The highest BCUT2D eigenvalue weighted by molar-refractivity contribution is 4.58. The van der Waals surface area contributed by atoms with Crippen LogP contribution in [0, 0.1) is 0 Å². The van der Waals surface area contributed by atoms with Crippen molar-refractivity contribution in [3.05, 3.63) is 0 Å². The molecule has 0 aliphatic rings. The van der Waals surface area contributed by atoms with Gasteiger partial charge in [0.2, 0.25) is 0 Å². The highest BCUT2D eigenvalue weighted by atomic mass is 16.5. The minimum Gasteiger partial charge on any atom is -0.384 e. The van der Waals surface area contributed by atoms with E-state index in [-0.39, 0.29) is 0 Å². The first-order valence-electron chi connectivity index (χ1n) is 5.82. The molecule has 0 saturated carbocycles. The fourth-order valence-corrected chi connectivity index (χ4v) is 1.80. The zero-order chi connectivity index (χ0) is 11.0. The lowest BCUT2D eigenvalue weighted by atomic mass is 10.0. The minimum absolute atomic E-state index is 0.751. The molecule has 0 N–H and O–H groups in total. The van der Waals surface area contributed by atoms with Gasteiger partial charge < -0.3 is 9.22 Å². The molecule has 0 aliphatic carbocycles. The Kier molecular flexibility index (Phi) is 7.20. The van der Waals surface area contributed by atoms with Gasteiger partial charge in [-0.3, -0.25) is 0 Å². The Labute approximate surface area is 89.8 Å². The van der Waals surface area contributed by atoms with E-state index in [1.807, 2.05) is 0 Å². The van der Waals surface area contributed by atoms with Crippen LogP contribution in [0.3, 0.4) is 0 Å². The Morgan fingerprint density at radius 2 is 1.71 bits per heavy atom. The third kappa shape index (κ3) is 6.39. The van der Waals surface area contributed by atoms with Gasteiger partial charge in [-0.25, -0.2) is 0 Å². The Bertz CT molecular complexity index is 129. The molecular weight excluding hydrogens is 174 g/mol. The summed E-state index contributed by atoms with van der Waals surface area (Å²) < 4.78 is 6.23. The van der Waals surface area contributed by atoms with Crippen LogP contribution in [0.15, 0.2) is 0 Å². The molecule has 0 spiro atoms. The van der Waals surface area contributed by atoms with E-state index in [0.717, 1.165) is 17.1 Å². The van der Waals surface area contributed by atoms with Crippen LogP contribution in [-0.4, -0.2) is 45.4 Å². The molecular formula is C12H28NO+. The van der Waals surface area contributed by atoms with Crippen LogP contribution in [0.1, 0.15) is 39.0 Å². The third-order valence-electron chi connectivity index (χ3n) is 2.89. The van der Waals surface area contributed by atoms with Gasteiger partial charge in [0.05, 0.1) is 33.8 Å². The number of hydrogen-bond donors (Lipinski definition) is 0. The highest BCUT2D eigenvalue weighted by Gasteiger charge is 2.22. The number of nitrogens with zero attached hydrogens (tertiary/aromatic N) is 1. The van der Waals surface area contributed by atoms with Gasteiger partial charge in [-0.2, -0.15) is 0 Å². The van der Waals surface area contributed by atoms with Crippen LogP contribution in [0.5, 0.6) is 0 Å². The van der Waals surface area contributed by atoms with Gasteiger partial charge in [0.25, 0.3) is 0 Å². The summed E-state index contributed by atoms with van der Waals surface area (Å²) in [6.07, 6.45) is 6.56. The second-order valence-corrected chi connectivity index (χ2v) is 5.05. The maximum Gasteiger partial charge on any atom is 0.0906 e. The molecule has 0 rings (SSSR count). The SMILES string of the molecule is CCCCCC(CCOC)[N+](C)(C)C. The number of ether oxygens (including phenoxy) is 1. The largest absolute Gasteiger partial charge is 0.384 e. The summed E-state index contributed by atoms with van der Waals surface area (Å²) in [5.41, 5.74) is 0. The Balaban J connectivity index is 3.85. The van der Waals surface area contributed by atoms with Gasteiger partial charge in [0.1, 0.15) is 0 Å². The minimum atomic E-state index is 0.751. The van der Waals surface area contributed by atoms with E-state index in [1.165, 1.54) is 32.1 Å². The molecule has 86 valence electrons. The molecule has 0 radical (unpaired) electrons. The van der Waals surface area contributed by atoms with Crippen LogP contribution < -0.4 is 0 Å². The predicted molar refractivity (Wildman–Crippen MR) is 62.5 cm³/mol. The number of unbranched alkanes of at least 4 members (excludes halogenated alkanes) is 2. The van der Waals surface area contributed by atoms with Crippen molar-refractivity contribution in [1.82, 2.24) is 0 Å². The van der Waals surface area contributed by atoms with Gasteiger partial charge in [0, 0.05) is 13.5 Å². The molecule has 0 aliphatic heterocycles. The van der Waals surface area contributed by atoms with Crippen molar-refractivity contribution in [2.45, 2.75) is 45.1 Å². The van der Waals surface area contributed by atoms with E-state index in [1.54, 1.807) is 7.11 Å². The van der Waals surface area contributed by atoms with Gasteiger partial charge in [-0.1, -0.05) is 19.8 Å². The summed E-state index contributed by atoms with van der Waals surface area (Å²) in [6.45, 7) is 3.16. The molecule has 0 heterocycles. The predicted octanol–water partition coefficient (Wildman–Crippen LogP) is 2.68. The van der Waals surface area contributed by atoms with E-state index in [2.05, 4.69) is 28.1 Å². The van der Waals surface area contributed by atoms with Crippen LogP contribution in [0.4, 0.5) is 0 Å². The second-order valence-electron chi connectivity index (χ2n) is 5.05. The topological polar surface area (TPSA) is 9.23 Å². The summed E-state index contributed by atoms with van der Waals surface area (Å²) >= 11 is 0. The molecule has 0 amide bonds. The lowest BCUT2D eigenvalue weighted by Gasteiger charge is -2.34. The summed E-state index contributed by atoms with van der Waals surface area (Å²) in [6, 6.07) is 0.751. The van der Waals surface area contributed by atoms with Crippen molar-refractivity contribution in [2.24, 2.45) is 0 Å². The molecule has 1 unspecified atom stereocenters. The van der Waals surface area contributed by atoms with Gasteiger partial charge >= 0.3 is 0 Å². The first kappa shape index (κ1) is 13.9. The van der Waals surface area contributed by atoms with Crippen molar-refractivity contribution in [3.63, 3.8) is 0 Å². The molecule has 0 aromatic carbocycles. The maximum absolute atomic E-state index is 5.16. The van der Waals surface area contributed by atoms with Crippen molar-refractivity contribution in [3.8, 4) is 0 Å². The molecule has 0 aromatic rings. The molecule has 0 fully saturated rings. The monoisotopic (exact) mass is 202 g/mol. The molecule has 2 nitrogen and oxygen atoms in total. The van der Waals surface area contributed by atoms with Crippen molar-refractivity contribution < 1.29 is 9.22 Å². The summed E-state index contributed by atoms with van der Waals surface area (Å²) in [5, 5.41) is 0. The average molecular weight is 202 g/mol. The van der Waals surface area contributed by atoms with Gasteiger partial charge in [-0.15, -0.1) is 0 Å². The quantitative estimate of drug-likeness (QED) is 0.434. The number of methoxy groups -OCH3 is 1. The summed E-state index contributed by atoms with van der Waals surface area (Å²) in [7, 11) is 8.64. The molecule has 2 heteroatoms.